The number of hydrogen-bond acceptors (Lipinski definition) is 2. The Morgan fingerprint density at radius 2 is 2.07 bits per heavy atom. The van der Waals surface area contributed by atoms with Gasteiger partial charge in [-0.05, 0) is 26.2 Å². The lowest BCUT2D eigenvalue weighted by molar-refractivity contribution is -0.155. The van der Waals surface area contributed by atoms with Crippen LogP contribution in [0.3, 0.4) is 0 Å². The van der Waals surface area contributed by atoms with E-state index >= 15 is 0 Å². The third-order valence-corrected chi connectivity index (χ3v) is 2.75. The molecule has 14 heavy (non-hydrogen) atoms. The van der Waals surface area contributed by atoms with Crippen LogP contribution < -0.4 is 5.32 Å². The molecule has 0 heterocycles. The number of carbonyl (C=O) groups is 2. The van der Waals surface area contributed by atoms with Gasteiger partial charge in [-0.15, -0.1) is 0 Å². The molecule has 0 aromatic rings. The lowest BCUT2D eigenvalue weighted by Crippen LogP contribution is -2.52. The molecule has 0 radical (unpaired) electrons. The summed E-state index contributed by atoms with van der Waals surface area (Å²) in [5.74, 6) is -0.733. The normalized spacial score (nSPS) is 30.6. The quantitative estimate of drug-likeness (QED) is 0.714. The van der Waals surface area contributed by atoms with Crippen LogP contribution in [-0.4, -0.2) is 23.0 Å². The first kappa shape index (κ1) is 11.0. The molecule has 4 nitrogen and oxygen atoms in total. The Labute approximate surface area is 83.7 Å². The first-order chi connectivity index (χ1) is 6.48. The van der Waals surface area contributed by atoms with Crippen LogP contribution in [0.1, 0.15) is 39.5 Å². The monoisotopic (exact) mass is 199 g/mol. The number of amides is 1. The highest BCUT2D eigenvalue weighted by Gasteiger charge is 2.46. The van der Waals surface area contributed by atoms with Crippen LogP contribution in [0.4, 0.5) is 0 Å². The van der Waals surface area contributed by atoms with E-state index in [0.717, 1.165) is 6.42 Å². The molecular weight excluding hydrogens is 182 g/mol. The molecule has 1 fully saturated rings. The van der Waals surface area contributed by atoms with Gasteiger partial charge < -0.3 is 10.4 Å². The van der Waals surface area contributed by atoms with Crippen LogP contribution in [0.2, 0.25) is 0 Å². The first-order valence-electron chi connectivity index (χ1n) is 5.00. The zero-order chi connectivity index (χ0) is 10.8. The fraction of sp³-hybridized carbons (Fsp3) is 0.800. The van der Waals surface area contributed by atoms with E-state index < -0.39 is 11.4 Å². The van der Waals surface area contributed by atoms with Crippen LogP contribution in [0.5, 0.6) is 0 Å². The van der Waals surface area contributed by atoms with Crippen molar-refractivity contribution in [2.75, 3.05) is 0 Å². The molecular formula is C10H17NO3. The number of carboxylic acids is 1. The molecule has 1 saturated carbocycles. The molecule has 2 N–H and O–H groups in total. The highest BCUT2D eigenvalue weighted by atomic mass is 16.4. The molecule has 0 unspecified atom stereocenters. The second-order valence-electron chi connectivity index (χ2n) is 4.29. The van der Waals surface area contributed by atoms with Gasteiger partial charge in [0.1, 0.15) is 0 Å². The third-order valence-electron chi connectivity index (χ3n) is 2.75. The van der Waals surface area contributed by atoms with Gasteiger partial charge in [-0.3, -0.25) is 9.59 Å². The van der Waals surface area contributed by atoms with Crippen LogP contribution in [0, 0.1) is 5.41 Å². The Bertz CT molecular complexity index is 244. The number of rotatable bonds is 4. The Balaban J connectivity index is 2.28. The molecule has 0 spiro atoms. The van der Waals surface area contributed by atoms with Crippen molar-refractivity contribution in [1.82, 2.24) is 5.32 Å². The minimum Gasteiger partial charge on any atom is -0.481 e. The van der Waals surface area contributed by atoms with Gasteiger partial charge in [-0.25, -0.2) is 0 Å². The van der Waals surface area contributed by atoms with Crippen LogP contribution in [0.25, 0.3) is 0 Å². The smallest absolute Gasteiger partial charge is 0.309 e. The third kappa shape index (κ3) is 2.25. The molecule has 0 aliphatic heterocycles. The maximum Gasteiger partial charge on any atom is 0.309 e. The van der Waals surface area contributed by atoms with Crippen molar-refractivity contribution in [3.8, 4) is 0 Å². The minimum absolute atomic E-state index is 0.0324. The van der Waals surface area contributed by atoms with Gasteiger partial charge in [0.2, 0.25) is 5.91 Å². The molecule has 0 bridgehead atoms. The predicted molar refractivity (Wildman–Crippen MR) is 51.8 cm³/mol. The zero-order valence-corrected chi connectivity index (χ0v) is 8.67. The van der Waals surface area contributed by atoms with Crippen molar-refractivity contribution in [1.29, 1.82) is 0 Å². The summed E-state index contributed by atoms with van der Waals surface area (Å²) in [5, 5.41) is 11.7. The molecule has 80 valence electrons. The molecule has 0 aromatic heterocycles. The van der Waals surface area contributed by atoms with E-state index in [1.807, 2.05) is 6.92 Å². The first-order valence-corrected chi connectivity index (χ1v) is 5.00. The molecule has 1 amide bonds. The maximum absolute atomic E-state index is 11.2. The molecule has 0 aromatic carbocycles. The number of aliphatic carboxylic acids is 1. The highest BCUT2D eigenvalue weighted by molar-refractivity contribution is 5.78. The lowest BCUT2D eigenvalue weighted by Gasteiger charge is -2.41. The Morgan fingerprint density at radius 3 is 2.50 bits per heavy atom. The molecule has 4 heteroatoms. The van der Waals surface area contributed by atoms with Crippen molar-refractivity contribution in [2.24, 2.45) is 5.41 Å². The van der Waals surface area contributed by atoms with E-state index in [1.165, 1.54) is 0 Å². The van der Waals surface area contributed by atoms with Crippen molar-refractivity contribution in [3.63, 3.8) is 0 Å². The predicted octanol–water partition coefficient (Wildman–Crippen LogP) is 1.16. The second kappa shape index (κ2) is 3.98. The fourth-order valence-electron chi connectivity index (χ4n) is 1.83. The van der Waals surface area contributed by atoms with E-state index in [2.05, 4.69) is 5.32 Å². The van der Waals surface area contributed by atoms with Gasteiger partial charge in [-0.1, -0.05) is 6.92 Å². The fourth-order valence-corrected chi connectivity index (χ4v) is 1.83. The van der Waals surface area contributed by atoms with E-state index in [-0.39, 0.29) is 11.9 Å². The lowest BCUT2D eigenvalue weighted by atomic mass is 9.67. The Kier molecular flexibility index (Phi) is 3.13. The summed E-state index contributed by atoms with van der Waals surface area (Å²) in [6, 6.07) is 0.0650. The Hall–Kier alpha value is -1.06. The molecule has 1 rings (SSSR count). The summed E-state index contributed by atoms with van der Waals surface area (Å²) < 4.78 is 0. The molecule has 0 atom stereocenters. The van der Waals surface area contributed by atoms with Gasteiger partial charge in [0.05, 0.1) is 5.41 Å². The summed E-state index contributed by atoms with van der Waals surface area (Å²) >= 11 is 0. The van der Waals surface area contributed by atoms with Crippen LogP contribution in [0.15, 0.2) is 0 Å². The van der Waals surface area contributed by atoms with Crippen molar-refractivity contribution >= 4 is 11.9 Å². The van der Waals surface area contributed by atoms with Crippen molar-refractivity contribution < 1.29 is 14.7 Å². The van der Waals surface area contributed by atoms with Crippen molar-refractivity contribution in [2.45, 2.75) is 45.6 Å². The molecule has 1 aliphatic rings. The second-order valence-corrected chi connectivity index (χ2v) is 4.29. The zero-order valence-electron chi connectivity index (χ0n) is 8.67. The Morgan fingerprint density at radius 1 is 1.50 bits per heavy atom. The van der Waals surface area contributed by atoms with E-state index in [0.29, 0.717) is 19.3 Å². The summed E-state index contributed by atoms with van der Waals surface area (Å²) in [6.07, 6.45) is 2.46. The average Bonchev–Trinajstić information content (AvgIpc) is 2.01. The van der Waals surface area contributed by atoms with Gasteiger partial charge in [0, 0.05) is 12.5 Å². The van der Waals surface area contributed by atoms with Crippen LogP contribution >= 0.6 is 0 Å². The number of carboxylic acid groups (broad SMARTS) is 1. The maximum atomic E-state index is 11.2. The average molecular weight is 199 g/mol. The van der Waals surface area contributed by atoms with E-state index in [4.69, 9.17) is 5.11 Å². The molecule has 1 aliphatic carbocycles. The largest absolute Gasteiger partial charge is 0.481 e. The minimum atomic E-state index is -0.765. The number of nitrogens with one attached hydrogen (secondary N) is 1. The number of carbonyl (C=O) groups excluding carboxylic acids is 1. The van der Waals surface area contributed by atoms with Crippen LogP contribution in [-0.2, 0) is 9.59 Å². The summed E-state index contributed by atoms with van der Waals surface area (Å²) in [5.41, 5.74) is -0.621. The van der Waals surface area contributed by atoms with Gasteiger partial charge in [0.25, 0.3) is 0 Å². The highest BCUT2D eigenvalue weighted by Crippen LogP contribution is 2.40. The van der Waals surface area contributed by atoms with E-state index in [1.54, 1.807) is 6.92 Å². The van der Waals surface area contributed by atoms with Gasteiger partial charge >= 0.3 is 5.97 Å². The number of hydrogen-bond donors (Lipinski definition) is 2. The summed E-state index contributed by atoms with van der Waals surface area (Å²) in [7, 11) is 0. The summed E-state index contributed by atoms with van der Waals surface area (Å²) in [4.78, 5) is 21.9. The summed E-state index contributed by atoms with van der Waals surface area (Å²) in [6.45, 7) is 3.67. The topological polar surface area (TPSA) is 66.4 Å². The standard InChI is InChI=1S/C10H17NO3/c1-3-4-8(12)11-7-5-10(2,6-7)9(13)14/h7H,3-6H2,1-2H3,(H,11,12)(H,13,14). The van der Waals surface area contributed by atoms with E-state index in [9.17, 15) is 9.59 Å². The van der Waals surface area contributed by atoms with Gasteiger partial charge in [-0.2, -0.15) is 0 Å². The molecule has 0 saturated heterocycles. The SMILES string of the molecule is CCCC(=O)NC1CC(C)(C(=O)O)C1. The van der Waals surface area contributed by atoms with Crippen molar-refractivity contribution in [3.05, 3.63) is 0 Å². The van der Waals surface area contributed by atoms with Gasteiger partial charge in [0.15, 0.2) is 0 Å².